The minimum Gasteiger partial charge on any atom is -0.493 e. The van der Waals surface area contributed by atoms with Crippen LogP contribution in [-0.2, 0) is 11.2 Å². The average Bonchev–Trinajstić information content (AvgIpc) is 3.00. The van der Waals surface area contributed by atoms with Crippen molar-refractivity contribution in [3.63, 3.8) is 0 Å². The van der Waals surface area contributed by atoms with Gasteiger partial charge in [0.15, 0.2) is 0 Å². The van der Waals surface area contributed by atoms with Gasteiger partial charge in [-0.15, -0.1) is 0 Å². The molecule has 1 atom stereocenters. The molecule has 21 heavy (non-hydrogen) atoms. The molecule has 2 N–H and O–H groups in total. The van der Waals surface area contributed by atoms with E-state index < -0.39 is 0 Å². The maximum atomic E-state index is 11.9. The number of nitrogens with one attached hydrogen (secondary N) is 2. The predicted molar refractivity (Wildman–Crippen MR) is 84.5 cm³/mol. The van der Waals surface area contributed by atoms with Gasteiger partial charge >= 0.3 is 0 Å². The molecular weight excluding hydrogens is 264 g/mol. The Kier molecular flexibility index (Phi) is 6.05. The van der Waals surface area contributed by atoms with Gasteiger partial charge in [0.2, 0.25) is 5.91 Å². The lowest BCUT2D eigenvalue weighted by Gasteiger charge is -2.11. The molecule has 1 aliphatic rings. The quantitative estimate of drug-likeness (QED) is 0.807. The molecule has 1 aliphatic heterocycles. The van der Waals surface area contributed by atoms with Crippen LogP contribution in [0, 0.1) is 11.8 Å². The number of carbonyl (C=O) groups is 1. The summed E-state index contributed by atoms with van der Waals surface area (Å²) in [6, 6.07) is 8.14. The largest absolute Gasteiger partial charge is 0.493 e. The van der Waals surface area contributed by atoms with Crippen molar-refractivity contribution in [2.45, 2.75) is 26.7 Å². The molecule has 4 nitrogen and oxygen atoms in total. The van der Waals surface area contributed by atoms with Gasteiger partial charge < -0.3 is 15.4 Å². The molecule has 0 radical (unpaired) electrons. The van der Waals surface area contributed by atoms with Gasteiger partial charge in [0.1, 0.15) is 5.75 Å². The van der Waals surface area contributed by atoms with E-state index in [-0.39, 0.29) is 11.8 Å². The first-order valence-corrected chi connectivity index (χ1v) is 7.85. The Bertz CT molecular complexity index is 437. The lowest BCUT2D eigenvalue weighted by atomic mass is 10.1. The highest BCUT2D eigenvalue weighted by Crippen LogP contribution is 2.13. The number of amides is 1. The van der Waals surface area contributed by atoms with E-state index in [2.05, 4.69) is 36.6 Å². The van der Waals surface area contributed by atoms with E-state index in [1.165, 1.54) is 5.56 Å². The molecule has 0 saturated carbocycles. The Morgan fingerprint density at radius 2 is 2.14 bits per heavy atom. The highest BCUT2D eigenvalue weighted by molar-refractivity contribution is 5.79. The normalized spacial score (nSPS) is 18.0. The molecular formula is C17H26N2O2. The Morgan fingerprint density at radius 1 is 1.38 bits per heavy atom. The van der Waals surface area contributed by atoms with E-state index in [1.807, 2.05) is 12.1 Å². The van der Waals surface area contributed by atoms with Gasteiger partial charge in [0.05, 0.1) is 12.5 Å². The molecule has 1 unspecified atom stereocenters. The lowest BCUT2D eigenvalue weighted by Crippen LogP contribution is -2.33. The van der Waals surface area contributed by atoms with Crippen molar-refractivity contribution in [3.8, 4) is 5.75 Å². The molecule has 1 heterocycles. The van der Waals surface area contributed by atoms with Crippen LogP contribution in [0.25, 0.3) is 0 Å². The molecule has 4 heteroatoms. The topological polar surface area (TPSA) is 50.4 Å². The molecule has 116 valence electrons. The van der Waals surface area contributed by atoms with Gasteiger partial charge in [0.25, 0.3) is 0 Å². The monoisotopic (exact) mass is 290 g/mol. The van der Waals surface area contributed by atoms with Crippen molar-refractivity contribution in [2.75, 3.05) is 26.2 Å². The summed E-state index contributed by atoms with van der Waals surface area (Å²) in [7, 11) is 0. The van der Waals surface area contributed by atoms with E-state index in [4.69, 9.17) is 4.74 Å². The Balaban J connectivity index is 1.69. The maximum absolute atomic E-state index is 11.9. The van der Waals surface area contributed by atoms with Gasteiger partial charge in [-0.25, -0.2) is 0 Å². The first kappa shape index (κ1) is 15.8. The summed E-state index contributed by atoms with van der Waals surface area (Å²) in [6.07, 6.45) is 1.81. The molecule has 1 aromatic carbocycles. The number of benzene rings is 1. The summed E-state index contributed by atoms with van der Waals surface area (Å²) in [6.45, 7) is 7.48. The van der Waals surface area contributed by atoms with Crippen LogP contribution >= 0.6 is 0 Å². The third-order valence-electron chi connectivity index (χ3n) is 3.65. The SMILES string of the molecule is CC(C)COc1ccc(CCNC(=O)C2CCNC2)cc1. The van der Waals surface area contributed by atoms with Crippen molar-refractivity contribution < 1.29 is 9.53 Å². The Hall–Kier alpha value is -1.55. The second-order valence-corrected chi connectivity index (χ2v) is 6.08. The van der Waals surface area contributed by atoms with Crippen LogP contribution in [0.15, 0.2) is 24.3 Å². The fraction of sp³-hybridized carbons (Fsp3) is 0.588. The van der Waals surface area contributed by atoms with Crippen molar-refractivity contribution >= 4 is 5.91 Å². The number of hydrogen-bond donors (Lipinski definition) is 2. The minimum absolute atomic E-state index is 0.150. The number of hydrogen-bond acceptors (Lipinski definition) is 3. The summed E-state index contributed by atoms with van der Waals surface area (Å²) in [4.78, 5) is 11.9. The number of ether oxygens (including phenoxy) is 1. The molecule has 0 aromatic heterocycles. The van der Waals surface area contributed by atoms with Crippen LogP contribution < -0.4 is 15.4 Å². The zero-order chi connectivity index (χ0) is 15.1. The fourth-order valence-corrected chi connectivity index (χ4v) is 2.37. The van der Waals surface area contributed by atoms with E-state index in [1.54, 1.807) is 0 Å². The molecule has 2 rings (SSSR count). The number of carbonyl (C=O) groups excluding carboxylic acids is 1. The molecule has 0 aliphatic carbocycles. The Morgan fingerprint density at radius 3 is 2.76 bits per heavy atom. The van der Waals surface area contributed by atoms with Crippen LogP contribution in [0.4, 0.5) is 0 Å². The molecule has 1 saturated heterocycles. The van der Waals surface area contributed by atoms with Crippen LogP contribution in [0.1, 0.15) is 25.8 Å². The van der Waals surface area contributed by atoms with Crippen molar-refractivity contribution in [1.29, 1.82) is 0 Å². The summed E-state index contributed by atoms with van der Waals surface area (Å²) in [5.41, 5.74) is 1.22. The first-order valence-electron chi connectivity index (χ1n) is 7.85. The lowest BCUT2D eigenvalue weighted by molar-refractivity contribution is -0.124. The maximum Gasteiger partial charge on any atom is 0.224 e. The smallest absolute Gasteiger partial charge is 0.224 e. The van der Waals surface area contributed by atoms with Gasteiger partial charge in [-0.1, -0.05) is 26.0 Å². The van der Waals surface area contributed by atoms with E-state index in [9.17, 15) is 4.79 Å². The summed E-state index contributed by atoms with van der Waals surface area (Å²) < 4.78 is 5.66. The third kappa shape index (κ3) is 5.38. The molecule has 1 fully saturated rings. The van der Waals surface area contributed by atoms with Crippen molar-refractivity contribution in [3.05, 3.63) is 29.8 Å². The second-order valence-electron chi connectivity index (χ2n) is 6.08. The average molecular weight is 290 g/mol. The van der Waals surface area contributed by atoms with Crippen molar-refractivity contribution in [2.24, 2.45) is 11.8 Å². The fourth-order valence-electron chi connectivity index (χ4n) is 2.37. The minimum atomic E-state index is 0.150. The van der Waals surface area contributed by atoms with Gasteiger partial charge in [-0.2, -0.15) is 0 Å². The zero-order valence-corrected chi connectivity index (χ0v) is 13.0. The van der Waals surface area contributed by atoms with Crippen LogP contribution in [0.5, 0.6) is 5.75 Å². The van der Waals surface area contributed by atoms with Gasteiger partial charge in [0, 0.05) is 13.1 Å². The summed E-state index contributed by atoms with van der Waals surface area (Å²) in [5.74, 6) is 1.77. The van der Waals surface area contributed by atoms with Crippen LogP contribution in [-0.4, -0.2) is 32.1 Å². The van der Waals surface area contributed by atoms with Crippen LogP contribution in [0.3, 0.4) is 0 Å². The zero-order valence-electron chi connectivity index (χ0n) is 13.0. The molecule has 1 aromatic rings. The number of rotatable bonds is 7. The first-order chi connectivity index (χ1) is 10.1. The summed E-state index contributed by atoms with van der Waals surface area (Å²) in [5, 5.41) is 6.23. The van der Waals surface area contributed by atoms with E-state index in [0.717, 1.165) is 38.3 Å². The summed E-state index contributed by atoms with van der Waals surface area (Å²) >= 11 is 0. The third-order valence-corrected chi connectivity index (χ3v) is 3.65. The van der Waals surface area contributed by atoms with E-state index in [0.29, 0.717) is 12.5 Å². The molecule has 0 spiro atoms. The Labute approximate surface area is 127 Å². The standard InChI is InChI=1S/C17H26N2O2/c1-13(2)12-21-16-5-3-14(4-6-16)7-10-19-17(20)15-8-9-18-11-15/h3-6,13,15,18H,7-12H2,1-2H3,(H,19,20). The van der Waals surface area contributed by atoms with Crippen molar-refractivity contribution in [1.82, 2.24) is 10.6 Å². The van der Waals surface area contributed by atoms with Gasteiger partial charge in [-0.05, 0) is 43.0 Å². The predicted octanol–water partition coefficient (Wildman–Crippen LogP) is 1.99. The highest BCUT2D eigenvalue weighted by Gasteiger charge is 2.21. The van der Waals surface area contributed by atoms with E-state index >= 15 is 0 Å². The van der Waals surface area contributed by atoms with Gasteiger partial charge in [-0.3, -0.25) is 4.79 Å². The second kappa shape index (κ2) is 8.03. The molecule has 1 amide bonds. The van der Waals surface area contributed by atoms with Crippen LogP contribution in [0.2, 0.25) is 0 Å². The molecule has 0 bridgehead atoms. The highest BCUT2D eigenvalue weighted by atomic mass is 16.5.